The Morgan fingerprint density at radius 2 is 2.28 bits per heavy atom. The molecule has 2 saturated heterocycles. The van der Waals surface area contributed by atoms with E-state index in [-0.39, 0.29) is 0 Å². The van der Waals surface area contributed by atoms with Crippen molar-refractivity contribution < 1.29 is 0 Å². The van der Waals surface area contributed by atoms with E-state index in [4.69, 9.17) is 0 Å². The number of pyridine rings is 1. The minimum atomic E-state index is 0.724. The molecule has 0 aliphatic carbocycles. The van der Waals surface area contributed by atoms with Gasteiger partial charge in [-0.3, -0.25) is 9.88 Å². The van der Waals surface area contributed by atoms with Gasteiger partial charge in [-0.15, -0.1) is 0 Å². The van der Waals surface area contributed by atoms with E-state index >= 15 is 0 Å². The molecular formula is C15H23N3. The summed E-state index contributed by atoms with van der Waals surface area (Å²) in [5, 5.41) is 3.68. The topological polar surface area (TPSA) is 28.2 Å². The summed E-state index contributed by atoms with van der Waals surface area (Å²) in [6, 6.07) is 5.70. The van der Waals surface area contributed by atoms with Crippen LogP contribution in [0, 0.1) is 0 Å². The lowest BCUT2D eigenvalue weighted by Gasteiger charge is -2.39. The zero-order valence-corrected chi connectivity index (χ0v) is 11.0. The molecule has 0 bridgehead atoms. The molecule has 1 N–H and O–H groups in total. The highest BCUT2D eigenvalue weighted by Crippen LogP contribution is 2.25. The van der Waals surface area contributed by atoms with Gasteiger partial charge in [-0.1, -0.05) is 12.5 Å². The first kappa shape index (κ1) is 12.1. The molecule has 2 aliphatic rings. The number of hydrogen-bond acceptors (Lipinski definition) is 3. The standard InChI is InChI=1S/C15H23N3/c1-2-10-18(12-13-5-3-8-16-11-13)15(7-1)14-6-4-9-17-14/h3,5,8,11,14-15,17H,1-2,4,6-7,9-10,12H2. The van der Waals surface area contributed by atoms with Crippen LogP contribution in [0.3, 0.4) is 0 Å². The van der Waals surface area contributed by atoms with E-state index < -0.39 is 0 Å². The molecule has 1 aromatic rings. The third-order valence-electron chi connectivity index (χ3n) is 4.34. The Hall–Kier alpha value is -0.930. The molecule has 2 atom stereocenters. The van der Waals surface area contributed by atoms with Crippen molar-refractivity contribution in [2.45, 2.75) is 50.7 Å². The first-order chi connectivity index (χ1) is 8.93. The van der Waals surface area contributed by atoms with Crippen LogP contribution in [0.1, 0.15) is 37.7 Å². The van der Waals surface area contributed by atoms with Gasteiger partial charge in [-0.25, -0.2) is 0 Å². The van der Waals surface area contributed by atoms with Crippen LogP contribution in [0.4, 0.5) is 0 Å². The minimum Gasteiger partial charge on any atom is -0.312 e. The summed E-state index contributed by atoms with van der Waals surface area (Å²) in [5.41, 5.74) is 1.35. The predicted octanol–water partition coefficient (Wildman–Crippen LogP) is 2.19. The second-order valence-electron chi connectivity index (χ2n) is 5.60. The Labute approximate surface area is 110 Å². The lowest BCUT2D eigenvalue weighted by atomic mass is 9.94. The maximum atomic E-state index is 4.23. The summed E-state index contributed by atoms with van der Waals surface area (Å²) in [4.78, 5) is 6.90. The van der Waals surface area contributed by atoms with E-state index in [9.17, 15) is 0 Å². The monoisotopic (exact) mass is 245 g/mol. The van der Waals surface area contributed by atoms with Gasteiger partial charge >= 0.3 is 0 Å². The number of aromatic nitrogens is 1. The molecule has 3 heteroatoms. The number of nitrogens with zero attached hydrogens (tertiary/aromatic N) is 2. The summed E-state index contributed by atoms with van der Waals surface area (Å²) in [7, 11) is 0. The second kappa shape index (κ2) is 5.81. The van der Waals surface area contributed by atoms with Crippen molar-refractivity contribution in [2.24, 2.45) is 0 Å². The number of rotatable bonds is 3. The molecule has 3 rings (SSSR count). The van der Waals surface area contributed by atoms with Crippen LogP contribution in [-0.4, -0.2) is 35.1 Å². The molecule has 0 radical (unpaired) electrons. The molecule has 0 saturated carbocycles. The van der Waals surface area contributed by atoms with Gasteiger partial charge in [0.15, 0.2) is 0 Å². The van der Waals surface area contributed by atoms with E-state index in [1.165, 1.54) is 50.8 Å². The SMILES string of the molecule is c1cncc(CN2CCCCC2C2CCCN2)c1. The Morgan fingerprint density at radius 1 is 1.28 bits per heavy atom. The van der Waals surface area contributed by atoms with Gasteiger partial charge in [0, 0.05) is 31.0 Å². The van der Waals surface area contributed by atoms with E-state index in [0.717, 1.165) is 18.6 Å². The predicted molar refractivity (Wildman–Crippen MR) is 73.3 cm³/mol. The van der Waals surface area contributed by atoms with Gasteiger partial charge in [-0.2, -0.15) is 0 Å². The van der Waals surface area contributed by atoms with Crippen LogP contribution in [0.15, 0.2) is 24.5 Å². The van der Waals surface area contributed by atoms with Crippen molar-refractivity contribution in [3.8, 4) is 0 Å². The maximum absolute atomic E-state index is 4.23. The highest BCUT2D eigenvalue weighted by Gasteiger charge is 2.31. The average Bonchev–Trinajstić information content (AvgIpc) is 2.94. The van der Waals surface area contributed by atoms with E-state index in [0.29, 0.717) is 0 Å². The lowest BCUT2D eigenvalue weighted by molar-refractivity contribution is 0.112. The first-order valence-corrected chi connectivity index (χ1v) is 7.30. The molecule has 98 valence electrons. The Bertz CT molecular complexity index is 359. The Kier molecular flexibility index (Phi) is 3.91. The van der Waals surface area contributed by atoms with E-state index in [1.807, 2.05) is 18.5 Å². The van der Waals surface area contributed by atoms with Gasteiger partial charge in [0.1, 0.15) is 0 Å². The molecule has 2 fully saturated rings. The fourth-order valence-corrected chi connectivity index (χ4v) is 3.43. The fourth-order valence-electron chi connectivity index (χ4n) is 3.43. The maximum Gasteiger partial charge on any atom is 0.0312 e. The Morgan fingerprint density at radius 3 is 3.06 bits per heavy atom. The normalized spacial score (nSPS) is 29.6. The van der Waals surface area contributed by atoms with Crippen LogP contribution in [0.2, 0.25) is 0 Å². The fraction of sp³-hybridized carbons (Fsp3) is 0.667. The van der Waals surface area contributed by atoms with Gasteiger partial charge in [-0.05, 0) is 50.4 Å². The van der Waals surface area contributed by atoms with Gasteiger partial charge < -0.3 is 5.32 Å². The lowest BCUT2D eigenvalue weighted by Crippen LogP contribution is -2.49. The van der Waals surface area contributed by atoms with Crippen LogP contribution in [-0.2, 0) is 6.54 Å². The number of nitrogens with one attached hydrogen (secondary N) is 1. The smallest absolute Gasteiger partial charge is 0.0312 e. The van der Waals surface area contributed by atoms with Gasteiger partial charge in [0.25, 0.3) is 0 Å². The molecule has 1 aromatic heterocycles. The van der Waals surface area contributed by atoms with Crippen molar-refractivity contribution in [3.63, 3.8) is 0 Å². The third kappa shape index (κ3) is 2.73. The van der Waals surface area contributed by atoms with Crippen LogP contribution in [0.5, 0.6) is 0 Å². The van der Waals surface area contributed by atoms with Crippen LogP contribution >= 0.6 is 0 Å². The second-order valence-corrected chi connectivity index (χ2v) is 5.60. The summed E-state index contributed by atoms with van der Waals surface area (Å²) >= 11 is 0. The molecule has 3 heterocycles. The summed E-state index contributed by atoms with van der Waals surface area (Å²) < 4.78 is 0. The molecule has 0 aromatic carbocycles. The average molecular weight is 245 g/mol. The highest BCUT2D eigenvalue weighted by molar-refractivity contribution is 5.09. The largest absolute Gasteiger partial charge is 0.312 e. The number of likely N-dealkylation sites (tertiary alicyclic amines) is 1. The summed E-state index contributed by atoms with van der Waals surface area (Å²) in [6.45, 7) is 3.52. The van der Waals surface area contributed by atoms with Crippen molar-refractivity contribution >= 4 is 0 Å². The van der Waals surface area contributed by atoms with Gasteiger partial charge in [0.2, 0.25) is 0 Å². The number of piperidine rings is 1. The van der Waals surface area contributed by atoms with Crippen molar-refractivity contribution in [3.05, 3.63) is 30.1 Å². The Balaban J connectivity index is 1.67. The first-order valence-electron chi connectivity index (χ1n) is 7.30. The van der Waals surface area contributed by atoms with Crippen molar-refractivity contribution in [1.29, 1.82) is 0 Å². The van der Waals surface area contributed by atoms with Crippen LogP contribution < -0.4 is 5.32 Å². The number of hydrogen-bond donors (Lipinski definition) is 1. The molecule has 3 nitrogen and oxygen atoms in total. The molecule has 0 spiro atoms. The van der Waals surface area contributed by atoms with Gasteiger partial charge in [0.05, 0.1) is 0 Å². The van der Waals surface area contributed by atoms with E-state index in [2.05, 4.69) is 21.3 Å². The zero-order chi connectivity index (χ0) is 12.2. The summed E-state index contributed by atoms with van der Waals surface area (Å²) in [6.07, 6.45) is 10.7. The molecule has 2 unspecified atom stereocenters. The molecule has 18 heavy (non-hydrogen) atoms. The summed E-state index contributed by atoms with van der Waals surface area (Å²) in [5.74, 6) is 0. The van der Waals surface area contributed by atoms with Crippen molar-refractivity contribution in [1.82, 2.24) is 15.2 Å². The van der Waals surface area contributed by atoms with Crippen molar-refractivity contribution in [2.75, 3.05) is 13.1 Å². The quantitative estimate of drug-likeness (QED) is 0.885. The minimum absolute atomic E-state index is 0.724. The van der Waals surface area contributed by atoms with E-state index in [1.54, 1.807) is 0 Å². The zero-order valence-electron chi connectivity index (χ0n) is 11.0. The van der Waals surface area contributed by atoms with Crippen LogP contribution in [0.25, 0.3) is 0 Å². The molecular weight excluding hydrogens is 222 g/mol. The molecule has 2 aliphatic heterocycles. The molecule has 0 amide bonds. The highest BCUT2D eigenvalue weighted by atomic mass is 15.2. The third-order valence-corrected chi connectivity index (χ3v) is 4.34.